The number of benzene rings is 1. The molecule has 0 aliphatic heterocycles. The maximum Gasteiger partial charge on any atom is 0.273 e. The molecule has 0 aliphatic carbocycles. The largest absolute Gasteiger partial charge is 0.273 e. The van der Waals surface area contributed by atoms with Gasteiger partial charge in [-0.25, -0.2) is 0 Å². The van der Waals surface area contributed by atoms with Crippen molar-refractivity contribution in [3.8, 4) is 0 Å². The van der Waals surface area contributed by atoms with Crippen molar-refractivity contribution >= 4 is 5.69 Å². The lowest BCUT2D eigenvalue weighted by Gasteiger charge is -2.06. The molecule has 0 bridgehead atoms. The Morgan fingerprint density at radius 1 is 1.50 bits per heavy atom. The van der Waals surface area contributed by atoms with Gasteiger partial charge in [0.2, 0.25) is 0 Å². The lowest BCUT2D eigenvalue weighted by atomic mass is 9.99. The fourth-order valence-corrected chi connectivity index (χ4v) is 1.30. The Bertz CT molecular complexity index is 370. The summed E-state index contributed by atoms with van der Waals surface area (Å²) in [6.45, 7) is 7.32. The molecular weight excluding hydrogens is 178 g/mol. The van der Waals surface area contributed by atoms with Crippen molar-refractivity contribution in [3.63, 3.8) is 0 Å². The molecule has 0 heterocycles. The number of rotatable bonds is 3. The maximum absolute atomic E-state index is 10.8. The summed E-state index contributed by atoms with van der Waals surface area (Å²) in [5.41, 5.74) is 1.55. The number of nitro groups is 1. The lowest BCUT2D eigenvalue weighted by molar-refractivity contribution is -0.385. The van der Waals surface area contributed by atoms with Gasteiger partial charge in [0.1, 0.15) is 0 Å². The Balaban J connectivity index is 3.31. The van der Waals surface area contributed by atoms with Crippen LogP contribution in [0.2, 0.25) is 0 Å². The van der Waals surface area contributed by atoms with Crippen LogP contribution in [0.4, 0.5) is 5.69 Å². The second kappa shape index (κ2) is 4.05. The zero-order valence-corrected chi connectivity index (χ0v) is 8.28. The van der Waals surface area contributed by atoms with Gasteiger partial charge in [-0.1, -0.05) is 32.6 Å². The first-order valence-corrected chi connectivity index (χ1v) is 4.37. The van der Waals surface area contributed by atoms with E-state index in [1.165, 1.54) is 6.07 Å². The van der Waals surface area contributed by atoms with Crippen LogP contribution in [0.25, 0.3) is 0 Å². The van der Waals surface area contributed by atoms with Gasteiger partial charge in [-0.05, 0) is 17.6 Å². The van der Waals surface area contributed by atoms with Gasteiger partial charge in [-0.2, -0.15) is 0 Å². The third-order valence-corrected chi connectivity index (χ3v) is 2.05. The Morgan fingerprint density at radius 3 is 2.57 bits per heavy atom. The van der Waals surface area contributed by atoms with Gasteiger partial charge in [-0.3, -0.25) is 10.1 Å². The second-order valence-corrected chi connectivity index (χ2v) is 3.36. The summed E-state index contributed by atoms with van der Waals surface area (Å²) in [5.74, 6) is 0.147. The maximum atomic E-state index is 10.8. The van der Waals surface area contributed by atoms with Crippen molar-refractivity contribution in [1.29, 1.82) is 0 Å². The van der Waals surface area contributed by atoms with Crippen LogP contribution in [0.15, 0.2) is 24.8 Å². The zero-order chi connectivity index (χ0) is 10.7. The molecule has 1 rings (SSSR count). The smallest absolute Gasteiger partial charge is 0.258 e. The molecule has 0 amide bonds. The van der Waals surface area contributed by atoms with Crippen molar-refractivity contribution in [2.24, 2.45) is 0 Å². The summed E-state index contributed by atoms with van der Waals surface area (Å²) in [6, 6.07) is 5.05. The van der Waals surface area contributed by atoms with E-state index in [1.807, 2.05) is 13.8 Å². The molecule has 1 aromatic rings. The van der Waals surface area contributed by atoms with E-state index in [-0.39, 0.29) is 16.5 Å². The van der Waals surface area contributed by atoms with Crippen LogP contribution in [-0.4, -0.2) is 4.92 Å². The van der Waals surface area contributed by atoms with Crippen molar-refractivity contribution < 1.29 is 4.92 Å². The Kier molecular flexibility index (Phi) is 3.02. The topological polar surface area (TPSA) is 43.1 Å². The first-order valence-electron chi connectivity index (χ1n) is 4.37. The summed E-state index contributed by atoms with van der Waals surface area (Å²) in [4.78, 5) is 10.4. The quantitative estimate of drug-likeness (QED) is 0.543. The van der Waals surface area contributed by atoms with Crippen LogP contribution in [0.5, 0.6) is 0 Å². The third kappa shape index (κ3) is 1.99. The molecule has 0 unspecified atom stereocenters. The highest BCUT2D eigenvalue weighted by molar-refractivity contribution is 5.46. The molecule has 1 aromatic carbocycles. The van der Waals surface area contributed by atoms with Crippen molar-refractivity contribution in [3.05, 3.63) is 52.1 Å². The number of hydrogen-bond donors (Lipinski definition) is 0. The average Bonchev–Trinajstić information content (AvgIpc) is 2.16. The molecule has 3 heteroatoms. The van der Waals surface area contributed by atoms with Crippen LogP contribution in [0.3, 0.4) is 0 Å². The molecule has 0 saturated carbocycles. The van der Waals surface area contributed by atoms with E-state index in [2.05, 4.69) is 12.7 Å². The van der Waals surface area contributed by atoms with E-state index < -0.39 is 0 Å². The zero-order valence-electron chi connectivity index (χ0n) is 8.28. The molecule has 0 spiro atoms. The standard InChI is InChI=1S/C11H12NO2/c1-4-9-5-6-10(8(2)3)11(7-9)12(13)14/h5-8H,1H2,2-3H3. The Hall–Kier alpha value is -1.64. The van der Waals surface area contributed by atoms with E-state index >= 15 is 0 Å². The van der Waals surface area contributed by atoms with Crippen LogP contribution in [0, 0.1) is 16.2 Å². The molecule has 0 atom stereocenters. The highest BCUT2D eigenvalue weighted by Crippen LogP contribution is 2.27. The molecule has 0 fully saturated rings. The monoisotopic (exact) mass is 190 g/mol. The van der Waals surface area contributed by atoms with Gasteiger partial charge >= 0.3 is 0 Å². The van der Waals surface area contributed by atoms with Crippen molar-refractivity contribution in [2.45, 2.75) is 19.8 Å². The summed E-state index contributed by atoms with van der Waals surface area (Å²) in [7, 11) is 0. The van der Waals surface area contributed by atoms with Gasteiger partial charge in [-0.15, -0.1) is 0 Å². The highest BCUT2D eigenvalue weighted by atomic mass is 16.6. The average molecular weight is 190 g/mol. The third-order valence-electron chi connectivity index (χ3n) is 2.05. The van der Waals surface area contributed by atoms with Gasteiger partial charge < -0.3 is 0 Å². The minimum atomic E-state index is -0.365. The summed E-state index contributed by atoms with van der Waals surface area (Å²) in [6.07, 6.45) is 2.63. The summed E-state index contributed by atoms with van der Waals surface area (Å²) >= 11 is 0. The number of nitro benzene ring substituents is 1. The predicted molar refractivity (Wildman–Crippen MR) is 55.2 cm³/mol. The highest BCUT2D eigenvalue weighted by Gasteiger charge is 2.15. The first-order chi connectivity index (χ1) is 6.56. The van der Waals surface area contributed by atoms with E-state index in [1.54, 1.807) is 12.1 Å². The lowest BCUT2D eigenvalue weighted by Crippen LogP contribution is -1.97. The van der Waals surface area contributed by atoms with Crippen LogP contribution in [-0.2, 0) is 0 Å². The number of hydrogen-bond acceptors (Lipinski definition) is 2. The van der Waals surface area contributed by atoms with Crippen LogP contribution >= 0.6 is 0 Å². The van der Waals surface area contributed by atoms with E-state index in [9.17, 15) is 10.1 Å². The fourth-order valence-electron chi connectivity index (χ4n) is 1.30. The molecule has 73 valence electrons. The van der Waals surface area contributed by atoms with Crippen LogP contribution < -0.4 is 0 Å². The number of nitrogens with zero attached hydrogens (tertiary/aromatic N) is 1. The molecule has 0 saturated heterocycles. The SMILES string of the molecule is C=[C]c1ccc(C(C)C)c([N+](=O)[O-])c1. The van der Waals surface area contributed by atoms with E-state index in [0.29, 0.717) is 5.56 Å². The second-order valence-electron chi connectivity index (χ2n) is 3.36. The molecule has 0 aromatic heterocycles. The van der Waals surface area contributed by atoms with Crippen molar-refractivity contribution in [2.75, 3.05) is 0 Å². The molecule has 1 radical (unpaired) electrons. The molecular formula is C11H12NO2. The van der Waals surface area contributed by atoms with Gasteiger partial charge in [0.15, 0.2) is 0 Å². The summed E-state index contributed by atoms with van der Waals surface area (Å²) in [5, 5.41) is 10.8. The van der Waals surface area contributed by atoms with Crippen molar-refractivity contribution in [1.82, 2.24) is 0 Å². The molecule has 0 aliphatic rings. The Morgan fingerprint density at radius 2 is 2.14 bits per heavy atom. The predicted octanol–water partition coefficient (Wildman–Crippen LogP) is 3.06. The van der Waals surface area contributed by atoms with E-state index in [0.717, 1.165) is 5.56 Å². The van der Waals surface area contributed by atoms with E-state index in [4.69, 9.17) is 0 Å². The Labute approximate surface area is 83.2 Å². The molecule has 3 nitrogen and oxygen atoms in total. The van der Waals surface area contributed by atoms with Gasteiger partial charge in [0, 0.05) is 11.6 Å². The summed E-state index contributed by atoms with van der Waals surface area (Å²) < 4.78 is 0. The van der Waals surface area contributed by atoms with Gasteiger partial charge in [0.05, 0.1) is 4.92 Å². The molecule has 0 N–H and O–H groups in total. The normalized spacial score (nSPS) is 10.2. The first kappa shape index (κ1) is 10.4. The van der Waals surface area contributed by atoms with Crippen LogP contribution in [0.1, 0.15) is 30.9 Å². The fraction of sp³-hybridized carbons (Fsp3) is 0.273. The minimum absolute atomic E-state index is 0.147. The molecule has 14 heavy (non-hydrogen) atoms. The minimum Gasteiger partial charge on any atom is -0.258 e. The van der Waals surface area contributed by atoms with Gasteiger partial charge in [0.25, 0.3) is 5.69 Å².